The summed E-state index contributed by atoms with van der Waals surface area (Å²) in [5.41, 5.74) is 5.02. The molecule has 1 amide bonds. The molecule has 2 rings (SSSR count). The molecule has 104 valence electrons. The van der Waals surface area contributed by atoms with E-state index in [1.807, 2.05) is 45.0 Å². The molecule has 0 atom stereocenters. The number of hydrogen-bond acceptors (Lipinski definition) is 1. The number of carbonyl (C=O) groups excluding carboxylic acids is 1. The van der Waals surface area contributed by atoms with Gasteiger partial charge in [-0.05, 0) is 49.6 Å². The Morgan fingerprint density at radius 3 is 2.65 bits per heavy atom. The highest BCUT2D eigenvalue weighted by Gasteiger charge is 2.09. The van der Waals surface area contributed by atoms with Crippen LogP contribution in [0.2, 0.25) is 5.02 Å². The lowest BCUT2D eigenvalue weighted by Crippen LogP contribution is -2.16. The average Bonchev–Trinajstić information content (AvgIpc) is 2.39. The summed E-state index contributed by atoms with van der Waals surface area (Å²) in [6.45, 7) is 5.95. The summed E-state index contributed by atoms with van der Waals surface area (Å²) < 4.78 is 0. The fourth-order valence-corrected chi connectivity index (χ4v) is 2.28. The molecule has 2 aromatic rings. The monoisotopic (exact) mass is 287 g/mol. The molecule has 2 nitrogen and oxygen atoms in total. The number of anilines is 1. The highest BCUT2D eigenvalue weighted by atomic mass is 35.5. The second-order valence-electron chi connectivity index (χ2n) is 5.07. The van der Waals surface area contributed by atoms with Gasteiger partial charge in [0.2, 0.25) is 5.91 Å². The summed E-state index contributed by atoms with van der Waals surface area (Å²) in [5, 5.41) is 3.58. The number of nitrogens with one attached hydrogen (secondary N) is 1. The number of benzene rings is 2. The highest BCUT2D eigenvalue weighted by molar-refractivity contribution is 6.31. The Hall–Kier alpha value is -1.80. The van der Waals surface area contributed by atoms with Crippen LogP contribution in [0.5, 0.6) is 0 Å². The van der Waals surface area contributed by atoms with Crippen LogP contribution in [0.15, 0.2) is 36.4 Å². The van der Waals surface area contributed by atoms with Crippen LogP contribution >= 0.6 is 11.6 Å². The lowest BCUT2D eigenvalue weighted by Gasteiger charge is -2.11. The fourth-order valence-electron chi connectivity index (χ4n) is 2.10. The molecule has 3 heteroatoms. The van der Waals surface area contributed by atoms with Crippen LogP contribution in [-0.2, 0) is 11.2 Å². The predicted octanol–water partition coefficient (Wildman–Crippen LogP) is 4.45. The first-order chi connectivity index (χ1) is 9.47. The molecule has 0 radical (unpaired) electrons. The van der Waals surface area contributed by atoms with Gasteiger partial charge in [0.15, 0.2) is 0 Å². The number of hydrogen-bond donors (Lipinski definition) is 1. The van der Waals surface area contributed by atoms with Crippen LogP contribution in [0.3, 0.4) is 0 Å². The molecular formula is C17H18ClNO. The van der Waals surface area contributed by atoms with E-state index in [-0.39, 0.29) is 5.91 Å². The molecule has 0 unspecified atom stereocenters. The average molecular weight is 288 g/mol. The van der Waals surface area contributed by atoms with E-state index in [1.165, 1.54) is 0 Å². The third-order valence-electron chi connectivity index (χ3n) is 3.40. The Kier molecular flexibility index (Phi) is 4.46. The molecule has 0 saturated carbocycles. The van der Waals surface area contributed by atoms with Gasteiger partial charge in [-0.1, -0.05) is 41.4 Å². The normalized spacial score (nSPS) is 10.4. The first kappa shape index (κ1) is 14.6. The van der Waals surface area contributed by atoms with Gasteiger partial charge in [-0.2, -0.15) is 0 Å². The lowest BCUT2D eigenvalue weighted by atomic mass is 10.0. The molecule has 0 bridgehead atoms. The van der Waals surface area contributed by atoms with E-state index in [9.17, 15) is 4.79 Å². The van der Waals surface area contributed by atoms with Gasteiger partial charge in [0.25, 0.3) is 0 Å². The molecule has 0 aliphatic carbocycles. The van der Waals surface area contributed by atoms with E-state index < -0.39 is 0 Å². The first-order valence-corrected chi connectivity index (χ1v) is 6.96. The maximum absolute atomic E-state index is 12.2. The zero-order valence-electron chi connectivity index (χ0n) is 12.0. The van der Waals surface area contributed by atoms with E-state index in [4.69, 9.17) is 11.6 Å². The van der Waals surface area contributed by atoms with Gasteiger partial charge in [-0.15, -0.1) is 0 Å². The smallest absolute Gasteiger partial charge is 0.228 e. The largest absolute Gasteiger partial charge is 0.326 e. The Balaban J connectivity index is 2.13. The molecular weight excluding hydrogens is 270 g/mol. The maximum atomic E-state index is 12.2. The Morgan fingerprint density at radius 2 is 1.90 bits per heavy atom. The van der Waals surface area contributed by atoms with E-state index in [0.717, 1.165) is 27.9 Å². The minimum Gasteiger partial charge on any atom is -0.326 e. The highest BCUT2D eigenvalue weighted by Crippen LogP contribution is 2.23. The second kappa shape index (κ2) is 6.10. The molecule has 0 spiro atoms. The summed E-state index contributed by atoms with van der Waals surface area (Å²) in [4.78, 5) is 12.2. The van der Waals surface area contributed by atoms with Crippen molar-refractivity contribution < 1.29 is 4.79 Å². The van der Waals surface area contributed by atoms with E-state index in [0.29, 0.717) is 11.4 Å². The molecule has 20 heavy (non-hydrogen) atoms. The Labute approximate surface area is 124 Å². The quantitative estimate of drug-likeness (QED) is 0.888. The summed E-state index contributed by atoms with van der Waals surface area (Å²) >= 11 is 6.05. The number of carbonyl (C=O) groups is 1. The van der Waals surface area contributed by atoms with Crippen molar-refractivity contribution >= 4 is 23.2 Å². The van der Waals surface area contributed by atoms with Gasteiger partial charge >= 0.3 is 0 Å². The summed E-state index contributed by atoms with van der Waals surface area (Å²) in [6.07, 6.45) is 0.374. The van der Waals surface area contributed by atoms with Crippen LogP contribution in [0, 0.1) is 20.8 Å². The third-order valence-corrected chi connectivity index (χ3v) is 3.81. The van der Waals surface area contributed by atoms with Crippen molar-refractivity contribution in [2.45, 2.75) is 27.2 Å². The van der Waals surface area contributed by atoms with Crippen LogP contribution in [0.4, 0.5) is 5.69 Å². The minimum atomic E-state index is -0.0240. The molecule has 2 aromatic carbocycles. The van der Waals surface area contributed by atoms with Crippen LogP contribution in [0.1, 0.15) is 22.3 Å². The molecule has 0 saturated heterocycles. The SMILES string of the molecule is Cc1ccc(C)c(CC(=O)Nc2cccc(Cl)c2C)c1. The lowest BCUT2D eigenvalue weighted by molar-refractivity contribution is -0.115. The first-order valence-electron chi connectivity index (χ1n) is 6.58. The zero-order valence-corrected chi connectivity index (χ0v) is 12.7. The number of rotatable bonds is 3. The minimum absolute atomic E-state index is 0.0240. The van der Waals surface area contributed by atoms with Crippen molar-refractivity contribution in [3.05, 3.63) is 63.7 Å². The van der Waals surface area contributed by atoms with Crippen molar-refractivity contribution in [2.75, 3.05) is 5.32 Å². The second-order valence-corrected chi connectivity index (χ2v) is 5.47. The Morgan fingerprint density at radius 1 is 1.15 bits per heavy atom. The summed E-state index contributed by atoms with van der Waals surface area (Å²) in [7, 11) is 0. The third kappa shape index (κ3) is 3.40. The van der Waals surface area contributed by atoms with Gasteiger partial charge in [-0.3, -0.25) is 4.79 Å². The molecule has 0 fully saturated rings. The van der Waals surface area contributed by atoms with E-state index in [2.05, 4.69) is 17.4 Å². The molecule has 0 aliphatic heterocycles. The van der Waals surface area contributed by atoms with Gasteiger partial charge in [0, 0.05) is 10.7 Å². The standard InChI is InChI=1S/C17H18ClNO/c1-11-7-8-12(2)14(9-11)10-17(20)19-16-6-4-5-15(18)13(16)3/h4-9H,10H2,1-3H3,(H,19,20). The topological polar surface area (TPSA) is 29.1 Å². The molecule has 0 aromatic heterocycles. The molecule has 0 aliphatic rings. The van der Waals surface area contributed by atoms with Crippen molar-refractivity contribution in [3.63, 3.8) is 0 Å². The number of aryl methyl sites for hydroxylation is 2. The Bertz CT molecular complexity index is 643. The predicted molar refractivity (Wildman–Crippen MR) is 84.4 cm³/mol. The fraction of sp³-hybridized carbons (Fsp3) is 0.235. The maximum Gasteiger partial charge on any atom is 0.228 e. The van der Waals surface area contributed by atoms with E-state index in [1.54, 1.807) is 0 Å². The van der Waals surface area contributed by atoms with Gasteiger partial charge < -0.3 is 5.32 Å². The summed E-state index contributed by atoms with van der Waals surface area (Å²) in [6, 6.07) is 11.7. The van der Waals surface area contributed by atoms with Crippen LogP contribution < -0.4 is 5.32 Å². The molecule has 1 N–H and O–H groups in total. The number of amides is 1. The van der Waals surface area contributed by atoms with Crippen molar-refractivity contribution in [2.24, 2.45) is 0 Å². The van der Waals surface area contributed by atoms with Gasteiger partial charge in [0.1, 0.15) is 0 Å². The van der Waals surface area contributed by atoms with E-state index >= 15 is 0 Å². The van der Waals surface area contributed by atoms with Gasteiger partial charge in [0.05, 0.1) is 6.42 Å². The molecule has 0 heterocycles. The van der Waals surface area contributed by atoms with Crippen LogP contribution in [-0.4, -0.2) is 5.91 Å². The number of halogens is 1. The zero-order chi connectivity index (χ0) is 14.7. The van der Waals surface area contributed by atoms with Crippen molar-refractivity contribution in [3.8, 4) is 0 Å². The van der Waals surface area contributed by atoms with Gasteiger partial charge in [-0.25, -0.2) is 0 Å². The summed E-state index contributed by atoms with van der Waals surface area (Å²) in [5.74, 6) is -0.0240. The van der Waals surface area contributed by atoms with Crippen molar-refractivity contribution in [1.82, 2.24) is 0 Å². The van der Waals surface area contributed by atoms with Crippen molar-refractivity contribution in [1.29, 1.82) is 0 Å². The van der Waals surface area contributed by atoms with Crippen LogP contribution in [0.25, 0.3) is 0 Å².